The lowest BCUT2D eigenvalue weighted by molar-refractivity contribution is 0.102. The predicted octanol–water partition coefficient (Wildman–Crippen LogP) is 2.44. The molecule has 1 heterocycles. The lowest BCUT2D eigenvalue weighted by Gasteiger charge is -2.10. The highest BCUT2D eigenvalue weighted by atomic mass is 16.5. The van der Waals surface area contributed by atoms with Crippen LogP contribution in [0.4, 0.5) is 5.69 Å². The summed E-state index contributed by atoms with van der Waals surface area (Å²) in [6.45, 7) is 4.18. The number of hydrogen-bond donors (Lipinski definition) is 1. The number of nitrogens with zero attached hydrogens (tertiary/aromatic N) is 2. The van der Waals surface area contributed by atoms with Crippen LogP contribution in [0.5, 0.6) is 5.75 Å². The highest BCUT2D eigenvalue weighted by molar-refractivity contribution is 6.03. The Labute approximate surface area is 111 Å². The molecular weight excluding hydrogens is 242 g/mol. The molecule has 2 aromatic rings. The monoisotopic (exact) mass is 257 g/mol. The van der Waals surface area contributed by atoms with Gasteiger partial charge in [0.15, 0.2) is 0 Å². The fourth-order valence-electron chi connectivity index (χ4n) is 1.62. The molecule has 5 heteroatoms. The van der Waals surface area contributed by atoms with Gasteiger partial charge in [0, 0.05) is 6.20 Å². The molecule has 1 amide bonds. The van der Waals surface area contributed by atoms with Crippen LogP contribution in [0.2, 0.25) is 0 Å². The third-order valence-corrected chi connectivity index (χ3v) is 2.44. The zero-order chi connectivity index (χ0) is 13.7. The molecule has 1 aromatic carbocycles. The SMILES string of the molecule is CCOc1ccccc1NC(=O)c1ccnc(C)n1. The molecule has 0 saturated carbocycles. The van der Waals surface area contributed by atoms with Gasteiger partial charge in [0.05, 0.1) is 12.3 Å². The van der Waals surface area contributed by atoms with E-state index in [0.29, 0.717) is 29.6 Å². The minimum absolute atomic E-state index is 0.280. The van der Waals surface area contributed by atoms with Crippen LogP contribution in [0.15, 0.2) is 36.5 Å². The van der Waals surface area contributed by atoms with Crippen LogP contribution in [0.25, 0.3) is 0 Å². The molecule has 1 N–H and O–H groups in total. The molecule has 0 saturated heterocycles. The van der Waals surface area contributed by atoms with Crippen molar-refractivity contribution in [2.45, 2.75) is 13.8 Å². The van der Waals surface area contributed by atoms with E-state index in [2.05, 4.69) is 15.3 Å². The van der Waals surface area contributed by atoms with Crippen LogP contribution in [0.1, 0.15) is 23.2 Å². The molecule has 0 fully saturated rings. The Hall–Kier alpha value is -2.43. The summed E-state index contributed by atoms with van der Waals surface area (Å²) < 4.78 is 5.45. The van der Waals surface area contributed by atoms with Gasteiger partial charge in [-0.15, -0.1) is 0 Å². The molecule has 0 radical (unpaired) electrons. The topological polar surface area (TPSA) is 64.1 Å². The Kier molecular flexibility index (Phi) is 4.07. The fraction of sp³-hybridized carbons (Fsp3) is 0.214. The number of benzene rings is 1. The Morgan fingerprint density at radius 1 is 1.32 bits per heavy atom. The summed E-state index contributed by atoms with van der Waals surface area (Å²) in [5.74, 6) is 0.924. The summed E-state index contributed by atoms with van der Waals surface area (Å²) in [6, 6.07) is 8.87. The quantitative estimate of drug-likeness (QED) is 0.913. The fourth-order valence-corrected chi connectivity index (χ4v) is 1.62. The molecule has 0 aliphatic rings. The van der Waals surface area contributed by atoms with Crippen LogP contribution >= 0.6 is 0 Å². The summed E-state index contributed by atoms with van der Waals surface area (Å²) in [5, 5.41) is 2.78. The first-order valence-corrected chi connectivity index (χ1v) is 6.03. The van der Waals surface area contributed by atoms with E-state index in [1.807, 2.05) is 25.1 Å². The number of ether oxygens (including phenoxy) is 1. The van der Waals surface area contributed by atoms with Crippen molar-refractivity contribution >= 4 is 11.6 Å². The van der Waals surface area contributed by atoms with E-state index < -0.39 is 0 Å². The predicted molar refractivity (Wildman–Crippen MR) is 72.3 cm³/mol. The van der Waals surface area contributed by atoms with Gasteiger partial charge in [0.1, 0.15) is 17.3 Å². The third-order valence-electron chi connectivity index (χ3n) is 2.44. The minimum atomic E-state index is -0.280. The zero-order valence-corrected chi connectivity index (χ0v) is 10.9. The first-order chi connectivity index (χ1) is 9.20. The molecule has 0 atom stereocenters. The minimum Gasteiger partial charge on any atom is -0.492 e. The molecule has 0 spiro atoms. The number of para-hydroxylation sites is 2. The Morgan fingerprint density at radius 3 is 2.84 bits per heavy atom. The molecule has 2 rings (SSSR count). The van der Waals surface area contributed by atoms with Gasteiger partial charge in [-0.1, -0.05) is 12.1 Å². The number of hydrogen-bond acceptors (Lipinski definition) is 4. The van der Waals surface area contributed by atoms with Gasteiger partial charge >= 0.3 is 0 Å². The maximum Gasteiger partial charge on any atom is 0.274 e. The first kappa shape index (κ1) is 13.0. The van der Waals surface area contributed by atoms with Crippen molar-refractivity contribution in [1.29, 1.82) is 0 Å². The molecule has 98 valence electrons. The lowest BCUT2D eigenvalue weighted by Crippen LogP contribution is -2.15. The van der Waals surface area contributed by atoms with Gasteiger partial charge in [0.2, 0.25) is 0 Å². The number of carbonyl (C=O) groups is 1. The molecular formula is C14H15N3O2. The summed E-state index contributed by atoms with van der Waals surface area (Å²) in [6.07, 6.45) is 1.56. The van der Waals surface area contributed by atoms with Crippen molar-refractivity contribution in [3.8, 4) is 5.75 Å². The van der Waals surface area contributed by atoms with Crippen LogP contribution in [-0.2, 0) is 0 Å². The second-order valence-corrected chi connectivity index (χ2v) is 3.87. The molecule has 0 bridgehead atoms. The number of amides is 1. The van der Waals surface area contributed by atoms with Crippen LogP contribution < -0.4 is 10.1 Å². The number of aryl methyl sites for hydroxylation is 1. The molecule has 0 aliphatic carbocycles. The van der Waals surface area contributed by atoms with Crippen LogP contribution in [0.3, 0.4) is 0 Å². The average molecular weight is 257 g/mol. The standard InChI is InChI=1S/C14H15N3O2/c1-3-19-13-7-5-4-6-11(13)17-14(18)12-8-9-15-10(2)16-12/h4-9H,3H2,1-2H3,(H,17,18). The van der Waals surface area contributed by atoms with E-state index in [9.17, 15) is 4.79 Å². The van der Waals surface area contributed by atoms with Crippen molar-refractivity contribution in [2.24, 2.45) is 0 Å². The van der Waals surface area contributed by atoms with Gasteiger partial charge in [-0.3, -0.25) is 4.79 Å². The van der Waals surface area contributed by atoms with Gasteiger partial charge in [-0.05, 0) is 32.0 Å². The number of rotatable bonds is 4. The largest absolute Gasteiger partial charge is 0.492 e. The summed E-state index contributed by atoms with van der Waals surface area (Å²) >= 11 is 0. The normalized spacial score (nSPS) is 10.0. The number of nitrogens with one attached hydrogen (secondary N) is 1. The van der Waals surface area contributed by atoms with Crippen LogP contribution in [-0.4, -0.2) is 22.5 Å². The second-order valence-electron chi connectivity index (χ2n) is 3.87. The molecule has 1 aromatic heterocycles. The van der Waals surface area contributed by atoms with Crippen molar-refractivity contribution in [1.82, 2.24) is 9.97 Å². The van der Waals surface area contributed by atoms with E-state index in [4.69, 9.17) is 4.74 Å². The van der Waals surface area contributed by atoms with Gasteiger partial charge in [-0.25, -0.2) is 9.97 Å². The molecule has 0 unspecified atom stereocenters. The second kappa shape index (κ2) is 5.95. The van der Waals surface area contributed by atoms with Crippen molar-refractivity contribution in [2.75, 3.05) is 11.9 Å². The number of aromatic nitrogens is 2. The number of anilines is 1. The van der Waals surface area contributed by atoms with Gasteiger partial charge in [0.25, 0.3) is 5.91 Å². The van der Waals surface area contributed by atoms with E-state index in [-0.39, 0.29) is 5.91 Å². The summed E-state index contributed by atoms with van der Waals surface area (Å²) in [7, 11) is 0. The van der Waals surface area contributed by atoms with Crippen molar-refractivity contribution in [3.05, 3.63) is 48.0 Å². The van der Waals surface area contributed by atoms with Gasteiger partial charge in [-0.2, -0.15) is 0 Å². The van der Waals surface area contributed by atoms with Crippen molar-refractivity contribution < 1.29 is 9.53 Å². The van der Waals surface area contributed by atoms with E-state index in [1.54, 1.807) is 25.3 Å². The average Bonchev–Trinajstić information content (AvgIpc) is 2.41. The Balaban J connectivity index is 2.19. The van der Waals surface area contributed by atoms with E-state index in [0.717, 1.165) is 0 Å². The highest BCUT2D eigenvalue weighted by Crippen LogP contribution is 2.23. The summed E-state index contributed by atoms with van der Waals surface area (Å²) in [5.41, 5.74) is 0.962. The van der Waals surface area contributed by atoms with Crippen LogP contribution in [0, 0.1) is 6.92 Å². The van der Waals surface area contributed by atoms with Gasteiger partial charge < -0.3 is 10.1 Å². The smallest absolute Gasteiger partial charge is 0.274 e. The van der Waals surface area contributed by atoms with Crippen molar-refractivity contribution in [3.63, 3.8) is 0 Å². The maximum absolute atomic E-state index is 12.1. The van der Waals surface area contributed by atoms with E-state index >= 15 is 0 Å². The zero-order valence-electron chi connectivity index (χ0n) is 10.9. The third kappa shape index (κ3) is 3.28. The molecule has 5 nitrogen and oxygen atoms in total. The Bertz CT molecular complexity index is 584. The lowest BCUT2D eigenvalue weighted by atomic mass is 10.2. The Morgan fingerprint density at radius 2 is 2.11 bits per heavy atom. The first-order valence-electron chi connectivity index (χ1n) is 6.03. The maximum atomic E-state index is 12.1. The summed E-state index contributed by atoms with van der Waals surface area (Å²) in [4.78, 5) is 20.1. The molecule has 0 aliphatic heterocycles. The molecule has 19 heavy (non-hydrogen) atoms. The number of carbonyl (C=O) groups excluding carboxylic acids is 1. The van der Waals surface area contributed by atoms with E-state index in [1.165, 1.54) is 0 Å². The highest BCUT2D eigenvalue weighted by Gasteiger charge is 2.10.